The van der Waals surface area contributed by atoms with Crippen molar-refractivity contribution in [2.24, 2.45) is 0 Å². The van der Waals surface area contributed by atoms with Crippen molar-refractivity contribution in [2.75, 3.05) is 0 Å². The molecule has 7 nitrogen and oxygen atoms in total. The van der Waals surface area contributed by atoms with Crippen molar-refractivity contribution < 1.29 is 9.90 Å². The van der Waals surface area contributed by atoms with E-state index in [4.69, 9.17) is 1.43 Å². The molecule has 3 aromatic rings. The van der Waals surface area contributed by atoms with Gasteiger partial charge in [-0.2, -0.15) is 0 Å². The average molecular weight is 275 g/mol. The van der Waals surface area contributed by atoms with Crippen molar-refractivity contribution in [1.29, 1.82) is 1.43 Å². The van der Waals surface area contributed by atoms with Crippen LogP contribution in [0, 0.1) is 0 Å². The molecule has 94 valence electrons. The van der Waals surface area contributed by atoms with E-state index < -0.39 is 11.4 Å². The molecule has 0 spiro atoms. The smallest absolute Gasteiger partial charge is 0.341 e. The molecule has 3 heterocycles. The number of pyridine rings is 1. The highest BCUT2D eigenvalue weighted by Gasteiger charge is 2.16. The van der Waals surface area contributed by atoms with Crippen molar-refractivity contribution in [3.05, 3.63) is 46.1 Å². The number of nitrogens with zero attached hydrogens (tertiary/aromatic N) is 4. The lowest BCUT2D eigenvalue weighted by atomic mass is 10.2. The molecule has 0 aliphatic rings. The summed E-state index contributed by atoms with van der Waals surface area (Å²) < 4.78 is 8.15. The SMILES string of the molecule is [2H]OC(=O)c1cn(-c2nccs2)c2ncncc2c1=O. The first-order valence-electron chi connectivity index (χ1n) is 5.56. The lowest BCUT2D eigenvalue weighted by molar-refractivity contribution is 0.0695. The Morgan fingerprint density at radius 1 is 1.47 bits per heavy atom. The van der Waals surface area contributed by atoms with E-state index in [2.05, 4.69) is 20.1 Å². The standard InChI is InChI=1S/C11H6N4O3S/c16-8-6-3-12-5-14-9(6)15(4-7(8)10(17)18)11-13-1-2-19-11/h1-5H,(H,17,18)/i/hD. The summed E-state index contributed by atoms with van der Waals surface area (Å²) in [7, 11) is 0. The molecule has 8 heteroatoms. The minimum absolute atomic E-state index is 0.158. The van der Waals surface area contributed by atoms with Gasteiger partial charge in [0.25, 0.3) is 1.43 Å². The second-order valence-electron chi connectivity index (χ2n) is 3.60. The molecule has 0 atom stereocenters. The van der Waals surface area contributed by atoms with Crippen LogP contribution in [0.4, 0.5) is 0 Å². The van der Waals surface area contributed by atoms with Crippen molar-refractivity contribution >= 4 is 28.3 Å². The summed E-state index contributed by atoms with van der Waals surface area (Å²) in [6.07, 6.45) is 5.48. The fourth-order valence-electron chi connectivity index (χ4n) is 1.70. The molecule has 0 bridgehead atoms. The number of fused-ring (bicyclic) bond motifs is 1. The third-order valence-corrected chi connectivity index (χ3v) is 3.28. The summed E-state index contributed by atoms with van der Waals surface area (Å²) in [6, 6.07) is 0. The molecule has 0 unspecified atom stereocenters. The Kier molecular flexibility index (Phi) is 2.31. The number of thiazole rings is 1. The first-order valence-corrected chi connectivity index (χ1v) is 6.03. The van der Waals surface area contributed by atoms with Gasteiger partial charge in [0.15, 0.2) is 10.8 Å². The molecule has 0 saturated carbocycles. The van der Waals surface area contributed by atoms with E-state index in [1.54, 1.807) is 11.6 Å². The second kappa shape index (κ2) is 4.25. The summed E-state index contributed by atoms with van der Waals surface area (Å²) in [5.74, 6) is -1.04. The van der Waals surface area contributed by atoms with E-state index in [0.29, 0.717) is 10.8 Å². The van der Waals surface area contributed by atoms with Crippen LogP contribution in [0.5, 0.6) is 0 Å². The van der Waals surface area contributed by atoms with Gasteiger partial charge < -0.3 is 5.11 Å². The Hall–Kier alpha value is -2.61. The number of hydrogen-bond acceptors (Lipinski definition) is 7. The van der Waals surface area contributed by atoms with Crippen LogP contribution in [0.15, 0.2) is 35.1 Å². The zero-order valence-corrected chi connectivity index (χ0v) is 10.1. The molecule has 0 aromatic carbocycles. The molecule has 1 N–H and O–H groups in total. The first kappa shape index (κ1) is 10.3. The number of aromatic carboxylic acids is 1. The lowest BCUT2D eigenvalue weighted by Crippen LogP contribution is -2.19. The lowest BCUT2D eigenvalue weighted by Gasteiger charge is -2.07. The number of aromatic nitrogens is 4. The van der Waals surface area contributed by atoms with Crippen LogP contribution in [-0.2, 0) is 0 Å². The maximum atomic E-state index is 12.2. The second-order valence-corrected chi connectivity index (χ2v) is 4.48. The Bertz CT molecular complexity index is 846. The highest BCUT2D eigenvalue weighted by Crippen LogP contribution is 2.16. The summed E-state index contributed by atoms with van der Waals surface area (Å²) in [4.78, 5) is 35.6. The number of hydrogen-bond donors (Lipinski definition) is 1. The maximum absolute atomic E-state index is 12.2. The van der Waals surface area contributed by atoms with Gasteiger partial charge in [-0.25, -0.2) is 19.7 Å². The van der Waals surface area contributed by atoms with Gasteiger partial charge in [0, 0.05) is 24.0 Å². The molecular weight excluding hydrogens is 268 g/mol. The van der Waals surface area contributed by atoms with E-state index in [9.17, 15) is 9.59 Å². The van der Waals surface area contributed by atoms with Crippen LogP contribution in [0.1, 0.15) is 10.4 Å². The van der Waals surface area contributed by atoms with Crippen LogP contribution in [0.3, 0.4) is 0 Å². The molecule has 3 rings (SSSR count). The molecule has 0 amide bonds. The highest BCUT2D eigenvalue weighted by molar-refractivity contribution is 7.12. The molecule has 0 aliphatic heterocycles. The Labute approximate surface area is 111 Å². The van der Waals surface area contributed by atoms with E-state index in [1.807, 2.05) is 0 Å². The van der Waals surface area contributed by atoms with Gasteiger partial charge in [-0.05, 0) is 0 Å². The monoisotopic (exact) mass is 275 g/mol. The number of rotatable bonds is 2. The summed E-state index contributed by atoms with van der Waals surface area (Å²) in [5, 5.41) is 6.32. The zero-order valence-electron chi connectivity index (χ0n) is 10.3. The van der Waals surface area contributed by atoms with Crippen molar-refractivity contribution in [2.45, 2.75) is 0 Å². The molecule has 3 aromatic heterocycles. The minimum Gasteiger partial charge on any atom is -0.477 e. The number of carbonyl (C=O) groups is 1. The Morgan fingerprint density at radius 3 is 3.11 bits per heavy atom. The van der Waals surface area contributed by atoms with Crippen LogP contribution < -0.4 is 5.43 Å². The molecule has 0 fully saturated rings. The number of carboxylic acid groups (broad SMARTS) is 1. The third-order valence-electron chi connectivity index (χ3n) is 2.51. The van der Waals surface area contributed by atoms with Gasteiger partial charge in [0.2, 0.25) is 5.43 Å². The Balaban J connectivity index is 2.42. The first-order chi connectivity index (χ1) is 9.72. The fraction of sp³-hybridized carbons (Fsp3) is 0. The molecule has 19 heavy (non-hydrogen) atoms. The summed E-state index contributed by atoms with van der Waals surface area (Å²) >= 11 is 1.32. The van der Waals surface area contributed by atoms with Crippen LogP contribution in [0.25, 0.3) is 17.6 Å². The average Bonchev–Trinajstić information content (AvgIpc) is 3.01. The van der Waals surface area contributed by atoms with Gasteiger partial charge >= 0.3 is 5.97 Å². The molecule has 0 radical (unpaired) electrons. The van der Waals surface area contributed by atoms with E-state index >= 15 is 0 Å². The summed E-state index contributed by atoms with van der Waals surface area (Å²) in [6.45, 7) is 0. The third kappa shape index (κ3) is 1.78. The number of carboxylic acids is 1. The van der Waals surface area contributed by atoms with E-state index in [-0.39, 0.29) is 10.9 Å². The highest BCUT2D eigenvalue weighted by atomic mass is 32.1. The predicted octanol–water partition coefficient (Wildman–Crippen LogP) is 0.935. The predicted molar refractivity (Wildman–Crippen MR) is 67.8 cm³/mol. The van der Waals surface area contributed by atoms with Crippen molar-refractivity contribution in [3.8, 4) is 5.13 Å². The zero-order chi connectivity index (χ0) is 14.1. The molecule has 0 aliphatic carbocycles. The quantitative estimate of drug-likeness (QED) is 0.747. The topological polar surface area (TPSA) is 98.0 Å². The maximum Gasteiger partial charge on any atom is 0.341 e. The van der Waals surface area contributed by atoms with Gasteiger partial charge in [-0.3, -0.25) is 9.36 Å². The summed E-state index contributed by atoms with van der Waals surface area (Å²) in [5.41, 5.74) is -0.510. The van der Waals surface area contributed by atoms with Crippen LogP contribution in [0.2, 0.25) is 0 Å². The fourth-order valence-corrected chi connectivity index (χ4v) is 2.31. The Morgan fingerprint density at radius 2 is 2.37 bits per heavy atom. The van der Waals surface area contributed by atoms with Crippen LogP contribution >= 0.6 is 11.3 Å². The van der Waals surface area contributed by atoms with Crippen molar-refractivity contribution in [1.82, 2.24) is 19.5 Å². The van der Waals surface area contributed by atoms with Crippen LogP contribution in [-0.4, -0.2) is 30.6 Å². The van der Waals surface area contributed by atoms with Gasteiger partial charge in [-0.1, -0.05) is 0 Å². The minimum atomic E-state index is -1.04. The van der Waals surface area contributed by atoms with Gasteiger partial charge in [0.05, 0.1) is 5.39 Å². The van der Waals surface area contributed by atoms with Gasteiger partial charge in [-0.15, -0.1) is 11.3 Å². The van der Waals surface area contributed by atoms with Gasteiger partial charge in [0.1, 0.15) is 11.9 Å². The molecular formula is C11H6N4O3S. The molecule has 0 saturated heterocycles. The largest absolute Gasteiger partial charge is 0.477 e. The van der Waals surface area contributed by atoms with E-state index in [1.165, 1.54) is 34.6 Å². The normalized spacial score (nSPS) is 11.3. The van der Waals surface area contributed by atoms with E-state index in [0.717, 1.165) is 0 Å². The van der Waals surface area contributed by atoms with Crippen molar-refractivity contribution in [3.63, 3.8) is 0 Å².